The molecular formula is C13H29N3O. The fourth-order valence-corrected chi connectivity index (χ4v) is 1.68. The summed E-state index contributed by atoms with van der Waals surface area (Å²) in [7, 11) is 3.94. The van der Waals surface area contributed by atoms with Crippen LogP contribution in [0.4, 0.5) is 0 Å². The van der Waals surface area contributed by atoms with Crippen molar-refractivity contribution < 1.29 is 4.79 Å². The van der Waals surface area contributed by atoms with E-state index >= 15 is 0 Å². The zero-order valence-corrected chi connectivity index (χ0v) is 11.9. The van der Waals surface area contributed by atoms with Gasteiger partial charge >= 0.3 is 0 Å². The maximum Gasteiger partial charge on any atom is 0.223 e. The summed E-state index contributed by atoms with van der Waals surface area (Å²) in [6, 6.07) is 0. The molecule has 0 radical (unpaired) electrons. The smallest absolute Gasteiger partial charge is 0.223 e. The molecule has 0 aliphatic heterocycles. The van der Waals surface area contributed by atoms with E-state index in [2.05, 4.69) is 25.8 Å². The van der Waals surface area contributed by atoms with Crippen LogP contribution in [-0.2, 0) is 4.79 Å². The molecule has 0 aromatic heterocycles. The molecule has 0 aromatic rings. The van der Waals surface area contributed by atoms with Crippen molar-refractivity contribution >= 4 is 5.91 Å². The van der Waals surface area contributed by atoms with E-state index in [4.69, 9.17) is 5.73 Å². The number of nitrogens with two attached hydrogens (primary N) is 1. The van der Waals surface area contributed by atoms with Gasteiger partial charge in [-0.25, -0.2) is 0 Å². The first-order valence-electron chi connectivity index (χ1n) is 6.63. The van der Waals surface area contributed by atoms with Crippen LogP contribution in [0, 0.1) is 5.92 Å². The van der Waals surface area contributed by atoms with Crippen LogP contribution in [0.25, 0.3) is 0 Å². The largest absolute Gasteiger partial charge is 0.346 e. The summed E-state index contributed by atoms with van der Waals surface area (Å²) in [5, 5.41) is 0. The summed E-state index contributed by atoms with van der Waals surface area (Å²) in [5.74, 6) is 0.916. The Hall–Kier alpha value is -0.610. The summed E-state index contributed by atoms with van der Waals surface area (Å²) in [6.45, 7) is 7.76. The van der Waals surface area contributed by atoms with Crippen LogP contribution < -0.4 is 5.73 Å². The summed E-state index contributed by atoms with van der Waals surface area (Å²) in [5.41, 5.74) is 5.42. The zero-order chi connectivity index (χ0) is 13.3. The molecule has 4 nitrogen and oxygen atoms in total. The van der Waals surface area contributed by atoms with Crippen molar-refractivity contribution in [3.8, 4) is 0 Å². The highest BCUT2D eigenvalue weighted by molar-refractivity contribution is 5.76. The molecule has 0 saturated carbocycles. The van der Waals surface area contributed by atoms with Crippen molar-refractivity contribution in [2.24, 2.45) is 11.7 Å². The Bertz CT molecular complexity index is 209. The first-order chi connectivity index (χ1) is 8.01. The molecule has 4 heteroatoms. The molecule has 0 spiro atoms. The number of hydrogen-bond acceptors (Lipinski definition) is 3. The third kappa shape index (κ3) is 8.16. The van der Waals surface area contributed by atoms with E-state index in [0.717, 1.165) is 26.1 Å². The third-order valence-electron chi connectivity index (χ3n) is 3.15. The minimum atomic E-state index is 0.217. The fourth-order valence-electron chi connectivity index (χ4n) is 1.68. The van der Waals surface area contributed by atoms with Gasteiger partial charge in [-0.05, 0) is 25.9 Å². The summed E-state index contributed by atoms with van der Waals surface area (Å²) < 4.78 is 0. The van der Waals surface area contributed by atoms with Crippen LogP contribution in [-0.4, -0.2) is 56.0 Å². The van der Waals surface area contributed by atoms with E-state index in [1.165, 1.54) is 6.42 Å². The lowest BCUT2D eigenvalue weighted by Gasteiger charge is -2.22. The number of hydrogen-bond donors (Lipinski definition) is 1. The van der Waals surface area contributed by atoms with E-state index in [1.54, 1.807) is 4.90 Å². The van der Waals surface area contributed by atoms with Gasteiger partial charge in [0, 0.05) is 33.1 Å². The van der Waals surface area contributed by atoms with E-state index in [9.17, 15) is 4.79 Å². The van der Waals surface area contributed by atoms with Crippen molar-refractivity contribution in [2.75, 3.05) is 40.3 Å². The lowest BCUT2D eigenvalue weighted by atomic mass is 10.1. The Labute approximate surface area is 106 Å². The molecule has 1 unspecified atom stereocenters. The molecule has 2 N–H and O–H groups in total. The highest BCUT2D eigenvalue weighted by atomic mass is 16.2. The van der Waals surface area contributed by atoms with Gasteiger partial charge in [-0.3, -0.25) is 4.79 Å². The van der Waals surface area contributed by atoms with Crippen LogP contribution >= 0.6 is 0 Å². The van der Waals surface area contributed by atoms with Crippen LogP contribution in [0.15, 0.2) is 0 Å². The maximum absolute atomic E-state index is 11.8. The lowest BCUT2D eigenvalue weighted by molar-refractivity contribution is -0.130. The standard InChI is InChI=1S/C13H29N3O/c1-5-12(2)11-15(3)10-7-13(17)16(4)9-6-8-14/h12H,5-11,14H2,1-4H3. The van der Waals surface area contributed by atoms with Gasteiger partial charge in [0.25, 0.3) is 0 Å². The second-order valence-electron chi connectivity index (χ2n) is 4.98. The van der Waals surface area contributed by atoms with Gasteiger partial charge in [0.15, 0.2) is 0 Å². The number of amides is 1. The fraction of sp³-hybridized carbons (Fsp3) is 0.923. The Kier molecular flexibility index (Phi) is 9.09. The van der Waals surface area contributed by atoms with Crippen LogP contribution in [0.2, 0.25) is 0 Å². The Morgan fingerprint density at radius 3 is 2.47 bits per heavy atom. The predicted molar refractivity (Wildman–Crippen MR) is 72.9 cm³/mol. The molecule has 1 amide bonds. The van der Waals surface area contributed by atoms with Crippen molar-refractivity contribution in [2.45, 2.75) is 33.1 Å². The van der Waals surface area contributed by atoms with Gasteiger partial charge in [0.1, 0.15) is 0 Å². The molecule has 0 aliphatic carbocycles. The van der Waals surface area contributed by atoms with E-state index in [1.807, 2.05) is 7.05 Å². The zero-order valence-electron chi connectivity index (χ0n) is 11.9. The molecule has 0 aromatic carbocycles. The van der Waals surface area contributed by atoms with Crippen LogP contribution in [0.1, 0.15) is 33.1 Å². The van der Waals surface area contributed by atoms with Gasteiger partial charge < -0.3 is 15.5 Å². The molecule has 0 bridgehead atoms. The minimum absolute atomic E-state index is 0.217. The molecule has 0 rings (SSSR count). The lowest BCUT2D eigenvalue weighted by Crippen LogP contribution is -2.33. The van der Waals surface area contributed by atoms with Gasteiger partial charge in [0.05, 0.1) is 0 Å². The van der Waals surface area contributed by atoms with E-state index < -0.39 is 0 Å². The number of rotatable bonds is 9. The highest BCUT2D eigenvalue weighted by Gasteiger charge is 2.10. The third-order valence-corrected chi connectivity index (χ3v) is 3.15. The van der Waals surface area contributed by atoms with E-state index in [-0.39, 0.29) is 5.91 Å². The number of carbonyl (C=O) groups is 1. The molecule has 102 valence electrons. The van der Waals surface area contributed by atoms with Gasteiger partial charge in [-0.15, -0.1) is 0 Å². The number of carbonyl (C=O) groups excluding carboxylic acids is 1. The van der Waals surface area contributed by atoms with Crippen molar-refractivity contribution in [3.63, 3.8) is 0 Å². The van der Waals surface area contributed by atoms with E-state index in [0.29, 0.717) is 18.9 Å². The Morgan fingerprint density at radius 2 is 1.94 bits per heavy atom. The normalized spacial score (nSPS) is 12.8. The summed E-state index contributed by atoms with van der Waals surface area (Å²) in [4.78, 5) is 15.8. The average Bonchev–Trinajstić information content (AvgIpc) is 2.32. The first kappa shape index (κ1) is 16.4. The molecule has 0 saturated heterocycles. The van der Waals surface area contributed by atoms with Crippen molar-refractivity contribution in [1.82, 2.24) is 9.80 Å². The highest BCUT2D eigenvalue weighted by Crippen LogP contribution is 2.03. The van der Waals surface area contributed by atoms with Crippen molar-refractivity contribution in [1.29, 1.82) is 0 Å². The van der Waals surface area contributed by atoms with Crippen LogP contribution in [0.3, 0.4) is 0 Å². The Balaban J connectivity index is 3.74. The SMILES string of the molecule is CCC(C)CN(C)CCC(=O)N(C)CCCN. The first-order valence-corrected chi connectivity index (χ1v) is 6.63. The second kappa shape index (κ2) is 9.42. The topological polar surface area (TPSA) is 49.6 Å². The monoisotopic (exact) mass is 243 g/mol. The minimum Gasteiger partial charge on any atom is -0.346 e. The average molecular weight is 243 g/mol. The maximum atomic E-state index is 11.8. The van der Waals surface area contributed by atoms with Crippen molar-refractivity contribution in [3.05, 3.63) is 0 Å². The summed E-state index contributed by atoms with van der Waals surface area (Å²) >= 11 is 0. The Morgan fingerprint density at radius 1 is 1.29 bits per heavy atom. The van der Waals surface area contributed by atoms with Gasteiger partial charge in [-0.2, -0.15) is 0 Å². The quantitative estimate of drug-likeness (QED) is 0.661. The van der Waals surface area contributed by atoms with Crippen LogP contribution in [0.5, 0.6) is 0 Å². The molecule has 0 fully saturated rings. The predicted octanol–water partition coefficient (Wildman–Crippen LogP) is 1.16. The molecular weight excluding hydrogens is 214 g/mol. The second-order valence-corrected chi connectivity index (χ2v) is 4.98. The molecule has 1 atom stereocenters. The molecule has 0 aliphatic rings. The summed E-state index contributed by atoms with van der Waals surface area (Å²) in [6.07, 6.45) is 2.67. The molecule has 0 heterocycles. The van der Waals surface area contributed by atoms with Gasteiger partial charge in [-0.1, -0.05) is 20.3 Å². The number of nitrogens with zero attached hydrogens (tertiary/aromatic N) is 2. The van der Waals surface area contributed by atoms with Gasteiger partial charge in [0.2, 0.25) is 5.91 Å². The molecule has 17 heavy (non-hydrogen) atoms.